The molecule has 1 unspecified atom stereocenters. The molecule has 0 rings (SSSR count). The SMILES string of the molecule is C#CCO/N=C/C(C)CC. The third kappa shape index (κ3) is 5.17. The summed E-state index contributed by atoms with van der Waals surface area (Å²) in [6.07, 6.45) is 7.76. The topological polar surface area (TPSA) is 21.6 Å². The minimum atomic E-state index is 0.257. The molecule has 0 N–H and O–H groups in total. The van der Waals surface area contributed by atoms with E-state index < -0.39 is 0 Å². The molecular weight excluding hydrogens is 126 g/mol. The molecule has 0 aliphatic rings. The van der Waals surface area contributed by atoms with Crippen LogP contribution in [-0.4, -0.2) is 12.8 Å². The zero-order chi connectivity index (χ0) is 7.82. The Morgan fingerprint density at radius 3 is 3.00 bits per heavy atom. The maximum Gasteiger partial charge on any atom is 0.177 e. The minimum absolute atomic E-state index is 0.257. The Morgan fingerprint density at radius 2 is 2.50 bits per heavy atom. The largest absolute Gasteiger partial charge is 0.383 e. The summed E-state index contributed by atoms with van der Waals surface area (Å²) in [4.78, 5) is 4.69. The van der Waals surface area contributed by atoms with Gasteiger partial charge in [0.1, 0.15) is 0 Å². The zero-order valence-corrected chi connectivity index (χ0v) is 6.50. The molecule has 0 spiro atoms. The van der Waals surface area contributed by atoms with Gasteiger partial charge in [0.05, 0.1) is 0 Å². The molecule has 0 radical (unpaired) electrons. The molecule has 1 atom stereocenters. The van der Waals surface area contributed by atoms with Crippen LogP contribution in [0.5, 0.6) is 0 Å². The van der Waals surface area contributed by atoms with Crippen LogP contribution in [0.1, 0.15) is 20.3 Å². The fraction of sp³-hybridized carbons (Fsp3) is 0.625. The van der Waals surface area contributed by atoms with Gasteiger partial charge in [-0.1, -0.05) is 24.9 Å². The lowest BCUT2D eigenvalue weighted by Gasteiger charge is -1.96. The molecule has 0 fully saturated rings. The molecule has 0 aliphatic heterocycles. The lowest BCUT2D eigenvalue weighted by molar-refractivity contribution is 0.180. The van der Waals surface area contributed by atoms with E-state index in [0.29, 0.717) is 5.92 Å². The highest BCUT2D eigenvalue weighted by Crippen LogP contribution is 1.94. The number of oxime groups is 1. The Morgan fingerprint density at radius 1 is 1.80 bits per heavy atom. The predicted molar refractivity (Wildman–Crippen MR) is 42.7 cm³/mol. The summed E-state index contributed by atoms with van der Waals surface area (Å²) >= 11 is 0. The van der Waals surface area contributed by atoms with Crippen LogP contribution >= 0.6 is 0 Å². The molecule has 0 aromatic rings. The number of nitrogens with zero attached hydrogens (tertiary/aromatic N) is 1. The summed E-state index contributed by atoms with van der Waals surface area (Å²) in [5.74, 6) is 2.79. The Labute approximate surface area is 62.3 Å². The van der Waals surface area contributed by atoms with E-state index in [4.69, 9.17) is 6.42 Å². The summed E-state index contributed by atoms with van der Waals surface area (Å²) in [6.45, 7) is 4.42. The lowest BCUT2D eigenvalue weighted by Crippen LogP contribution is -1.93. The first-order chi connectivity index (χ1) is 4.81. The number of hydrogen-bond donors (Lipinski definition) is 0. The van der Waals surface area contributed by atoms with Crippen molar-refractivity contribution in [3.63, 3.8) is 0 Å². The smallest absolute Gasteiger partial charge is 0.177 e. The predicted octanol–water partition coefficient (Wildman–Crippen LogP) is 1.67. The van der Waals surface area contributed by atoms with E-state index in [1.165, 1.54) is 0 Å². The normalized spacial score (nSPS) is 12.9. The molecule has 56 valence electrons. The van der Waals surface area contributed by atoms with Crippen LogP contribution < -0.4 is 0 Å². The summed E-state index contributed by atoms with van der Waals surface area (Å²) in [5.41, 5.74) is 0. The maximum absolute atomic E-state index is 4.93. The summed E-state index contributed by atoms with van der Waals surface area (Å²) in [7, 11) is 0. The molecule has 2 heteroatoms. The van der Waals surface area contributed by atoms with Gasteiger partial charge in [0, 0.05) is 6.21 Å². The van der Waals surface area contributed by atoms with Gasteiger partial charge in [-0.05, 0) is 12.3 Å². The first kappa shape index (κ1) is 9.03. The molecule has 0 heterocycles. The van der Waals surface area contributed by atoms with Crippen molar-refractivity contribution in [3.8, 4) is 12.3 Å². The van der Waals surface area contributed by atoms with Gasteiger partial charge < -0.3 is 4.84 Å². The average molecular weight is 139 g/mol. The second kappa shape index (κ2) is 6.15. The van der Waals surface area contributed by atoms with Gasteiger partial charge in [-0.3, -0.25) is 0 Å². The summed E-state index contributed by atoms with van der Waals surface area (Å²) in [6, 6.07) is 0. The van der Waals surface area contributed by atoms with Crippen LogP contribution in [0.15, 0.2) is 5.16 Å². The highest BCUT2D eigenvalue weighted by molar-refractivity contribution is 5.59. The van der Waals surface area contributed by atoms with Crippen molar-refractivity contribution < 1.29 is 4.84 Å². The minimum Gasteiger partial charge on any atom is -0.383 e. The Hall–Kier alpha value is -0.970. The first-order valence-electron chi connectivity index (χ1n) is 3.40. The second-order valence-corrected chi connectivity index (χ2v) is 2.12. The highest BCUT2D eigenvalue weighted by Gasteiger charge is 1.90. The zero-order valence-electron chi connectivity index (χ0n) is 6.50. The van der Waals surface area contributed by atoms with Crippen LogP contribution in [0.2, 0.25) is 0 Å². The maximum atomic E-state index is 4.93. The van der Waals surface area contributed by atoms with Crippen molar-refractivity contribution >= 4 is 6.21 Å². The fourth-order valence-corrected chi connectivity index (χ4v) is 0.327. The van der Waals surface area contributed by atoms with E-state index in [-0.39, 0.29) is 6.61 Å². The van der Waals surface area contributed by atoms with Crippen molar-refractivity contribution in [1.82, 2.24) is 0 Å². The third-order valence-electron chi connectivity index (χ3n) is 1.18. The van der Waals surface area contributed by atoms with E-state index in [0.717, 1.165) is 6.42 Å². The average Bonchev–Trinajstić information content (AvgIpc) is 1.98. The molecular formula is C8H13NO. The quantitative estimate of drug-likeness (QED) is 0.251. The number of hydrogen-bond acceptors (Lipinski definition) is 2. The van der Waals surface area contributed by atoms with Crippen LogP contribution in [0.4, 0.5) is 0 Å². The highest BCUT2D eigenvalue weighted by atomic mass is 16.6. The van der Waals surface area contributed by atoms with Crippen LogP contribution in [0.3, 0.4) is 0 Å². The molecule has 0 saturated heterocycles. The molecule has 0 amide bonds. The van der Waals surface area contributed by atoms with Crippen molar-refractivity contribution in [2.24, 2.45) is 11.1 Å². The van der Waals surface area contributed by atoms with E-state index >= 15 is 0 Å². The van der Waals surface area contributed by atoms with Gasteiger partial charge in [-0.2, -0.15) is 0 Å². The van der Waals surface area contributed by atoms with Crippen molar-refractivity contribution in [1.29, 1.82) is 0 Å². The molecule has 0 saturated carbocycles. The van der Waals surface area contributed by atoms with E-state index in [2.05, 4.69) is 29.8 Å². The van der Waals surface area contributed by atoms with Crippen LogP contribution in [0, 0.1) is 18.3 Å². The van der Waals surface area contributed by atoms with E-state index in [1.54, 1.807) is 6.21 Å². The molecule has 0 aliphatic carbocycles. The van der Waals surface area contributed by atoms with Crippen molar-refractivity contribution in [3.05, 3.63) is 0 Å². The van der Waals surface area contributed by atoms with E-state index in [9.17, 15) is 0 Å². The number of terminal acetylenes is 1. The van der Waals surface area contributed by atoms with Gasteiger partial charge in [0.2, 0.25) is 0 Å². The lowest BCUT2D eigenvalue weighted by atomic mass is 10.1. The molecule has 0 bridgehead atoms. The van der Waals surface area contributed by atoms with E-state index in [1.807, 2.05) is 0 Å². The van der Waals surface area contributed by atoms with Gasteiger partial charge in [0.15, 0.2) is 6.61 Å². The van der Waals surface area contributed by atoms with Crippen molar-refractivity contribution in [2.45, 2.75) is 20.3 Å². The van der Waals surface area contributed by atoms with Crippen LogP contribution in [0.25, 0.3) is 0 Å². The van der Waals surface area contributed by atoms with Crippen LogP contribution in [-0.2, 0) is 4.84 Å². The van der Waals surface area contributed by atoms with Gasteiger partial charge in [-0.15, -0.1) is 6.42 Å². The Kier molecular flexibility index (Phi) is 5.56. The first-order valence-corrected chi connectivity index (χ1v) is 3.40. The molecule has 10 heavy (non-hydrogen) atoms. The molecule has 0 aromatic carbocycles. The summed E-state index contributed by atoms with van der Waals surface area (Å²) < 4.78 is 0. The van der Waals surface area contributed by atoms with Crippen molar-refractivity contribution in [2.75, 3.05) is 6.61 Å². The Bertz CT molecular complexity index is 135. The monoisotopic (exact) mass is 139 g/mol. The number of rotatable bonds is 4. The second-order valence-electron chi connectivity index (χ2n) is 2.12. The van der Waals surface area contributed by atoms with Gasteiger partial charge in [0.25, 0.3) is 0 Å². The van der Waals surface area contributed by atoms with Gasteiger partial charge >= 0.3 is 0 Å². The molecule has 0 aromatic heterocycles. The standard InChI is InChI=1S/C8H13NO/c1-4-6-10-9-7-8(3)5-2/h1,7-8H,5-6H2,2-3H3/b9-7+. The summed E-state index contributed by atoms with van der Waals surface area (Å²) in [5, 5.41) is 3.66. The fourth-order valence-electron chi connectivity index (χ4n) is 0.327. The van der Waals surface area contributed by atoms with Gasteiger partial charge in [-0.25, -0.2) is 0 Å². The molecule has 2 nitrogen and oxygen atoms in total. The Balaban J connectivity index is 3.29. The third-order valence-corrected chi connectivity index (χ3v) is 1.18.